The van der Waals surface area contributed by atoms with Gasteiger partial charge in [-0.3, -0.25) is 14.4 Å². The molecule has 5 atom stereocenters. The fourth-order valence-corrected chi connectivity index (χ4v) is 4.37. The van der Waals surface area contributed by atoms with E-state index in [0.717, 1.165) is 5.75 Å². The Morgan fingerprint density at radius 3 is 2.68 bits per heavy atom. The maximum Gasteiger partial charge on any atom is 0.326 e. The number of aromatic nitrogens is 2. The van der Waals surface area contributed by atoms with E-state index in [0.29, 0.717) is 37.9 Å². The Kier molecular flexibility index (Phi) is 10.8. The highest BCUT2D eigenvalue weighted by Gasteiger charge is 2.40. The predicted octanol–water partition coefficient (Wildman–Crippen LogP) is 0.124. The molecule has 12 heteroatoms. The molecule has 0 bridgehead atoms. The number of hydrogen-bond donors (Lipinski definition) is 5. The van der Waals surface area contributed by atoms with Crippen molar-refractivity contribution < 1.29 is 24.3 Å². The average molecular weight is 497 g/mol. The topological polar surface area (TPSA) is 171 Å². The van der Waals surface area contributed by atoms with Crippen molar-refractivity contribution in [3.05, 3.63) is 18.2 Å². The molecule has 1 aliphatic rings. The van der Waals surface area contributed by atoms with Gasteiger partial charge in [-0.05, 0) is 37.2 Å². The summed E-state index contributed by atoms with van der Waals surface area (Å²) >= 11 is 1.59. The number of hydrogen-bond acceptors (Lipinski definition) is 7. The van der Waals surface area contributed by atoms with Gasteiger partial charge in [0.05, 0.1) is 12.4 Å². The van der Waals surface area contributed by atoms with Gasteiger partial charge in [-0.25, -0.2) is 9.78 Å². The number of nitrogens with two attached hydrogens (primary N) is 1. The van der Waals surface area contributed by atoms with Crippen molar-refractivity contribution in [2.45, 2.75) is 70.1 Å². The molecule has 190 valence electrons. The number of thioether (sulfide) groups is 1. The third kappa shape index (κ3) is 7.45. The molecule has 2 rings (SSSR count). The SMILES string of the molecule is CCC(C)C(NC(=O)C(N)CCSC)C(=O)N1CCCC1C(=O)NC(Cc1cnc[nH]1)C(=O)O. The zero-order valence-electron chi connectivity index (χ0n) is 20.0. The molecule has 0 spiro atoms. The molecule has 5 unspecified atom stereocenters. The van der Waals surface area contributed by atoms with Crippen LogP contribution in [0.4, 0.5) is 0 Å². The number of carbonyl (C=O) groups excluding carboxylic acids is 3. The number of aliphatic carboxylic acids is 1. The van der Waals surface area contributed by atoms with E-state index in [2.05, 4.69) is 20.6 Å². The van der Waals surface area contributed by atoms with Crippen LogP contribution in [0.5, 0.6) is 0 Å². The lowest BCUT2D eigenvalue weighted by Gasteiger charge is -2.32. The van der Waals surface area contributed by atoms with E-state index in [9.17, 15) is 24.3 Å². The quantitative estimate of drug-likeness (QED) is 0.256. The first-order valence-corrected chi connectivity index (χ1v) is 12.9. The number of aromatic amines is 1. The summed E-state index contributed by atoms with van der Waals surface area (Å²) in [5.74, 6) is -1.88. The molecule has 0 aromatic carbocycles. The van der Waals surface area contributed by atoms with Crippen molar-refractivity contribution in [1.82, 2.24) is 25.5 Å². The molecular formula is C22H36N6O5S. The summed E-state index contributed by atoms with van der Waals surface area (Å²) < 4.78 is 0. The molecule has 1 fully saturated rings. The number of imidazole rings is 1. The lowest BCUT2D eigenvalue weighted by atomic mass is 9.96. The number of amides is 3. The van der Waals surface area contributed by atoms with Crippen LogP contribution >= 0.6 is 11.8 Å². The van der Waals surface area contributed by atoms with Crippen LogP contribution in [0.2, 0.25) is 0 Å². The van der Waals surface area contributed by atoms with Crippen LogP contribution in [0, 0.1) is 5.92 Å². The van der Waals surface area contributed by atoms with E-state index in [1.54, 1.807) is 11.8 Å². The van der Waals surface area contributed by atoms with Gasteiger partial charge in [-0.15, -0.1) is 0 Å². The van der Waals surface area contributed by atoms with Crippen LogP contribution < -0.4 is 16.4 Å². The molecule has 0 saturated carbocycles. The highest BCUT2D eigenvalue weighted by Crippen LogP contribution is 2.22. The minimum Gasteiger partial charge on any atom is -0.480 e. The predicted molar refractivity (Wildman–Crippen MR) is 129 cm³/mol. The number of rotatable bonds is 13. The summed E-state index contributed by atoms with van der Waals surface area (Å²) in [4.78, 5) is 58.9. The Hall–Kier alpha value is -2.60. The molecule has 34 heavy (non-hydrogen) atoms. The fourth-order valence-electron chi connectivity index (χ4n) is 3.89. The maximum atomic E-state index is 13.5. The fraction of sp³-hybridized carbons (Fsp3) is 0.682. The number of nitrogens with one attached hydrogen (secondary N) is 3. The van der Waals surface area contributed by atoms with Crippen molar-refractivity contribution in [2.24, 2.45) is 11.7 Å². The van der Waals surface area contributed by atoms with E-state index in [1.165, 1.54) is 17.4 Å². The van der Waals surface area contributed by atoms with Gasteiger partial charge in [-0.1, -0.05) is 20.3 Å². The van der Waals surface area contributed by atoms with Gasteiger partial charge < -0.3 is 31.4 Å². The van der Waals surface area contributed by atoms with Crippen LogP contribution in [-0.2, 0) is 25.6 Å². The van der Waals surface area contributed by atoms with E-state index in [1.807, 2.05) is 20.1 Å². The minimum absolute atomic E-state index is 0.0429. The van der Waals surface area contributed by atoms with Gasteiger partial charge in [0.25, 0.3) is 0 Å². The third-order valence-corrected chi connectivity index (χ3v) is 6.82. The summed E-state index contributed by atoms with van der Waals surface area (Å²) in [6.45, 7) is 4.15. The molecule has 1 aliphatic heterocycles. The summed E-state index contributed by atoms with van der Waals surface area (Å²) in [5, 5.41) is 14.9. The summed E-state index contributed by atoms with van der Waals surface area (Å²) in [7, 11) is 0. The Morgan fingerprint density at radius 1 is 1.35 bits per heavy atom. The van der Waals surface area contributed by atoms with Crippen molar-refractivity contribution in [1.29, 1.82) is 0 Å². The largest absolute Gasteiger partial charge is 0.480 e. The first-order chi connectivity index (χ1) is 16.2. The molecular weight excluding hydrogens is 460 g/mol. The number of H-pyrrole nitrogens is 1. The highest BCUT2D eigenvalue weighted by molar-refractivity contribution is 7.98. The molecule has 1 aromatic rings. The van der Waals surface area contributed by atoms with E-state index in [4.69, 9.17) is 5.73 Å². The van der Waals surface area contributed by atoms with Crippen molar-refractivity contribution in [3.63, 3.8) is 0 Å². The Morgan fingerprint density at radius 2 is 2.09 bits per heavy atom. The monoisotopic (exact) mass is 496 g/mol. The second kappa shape index (κ2) is 13.3. The van der Waals surface area contributed by atoms with Crippen LogP contribution in [0.1, 0.15) is 45.2 Å². The van der Waals surface area contributed by atoms with Crippen molar-refractivity contribution in [3.8, 4) is 0 Å². The average Bonchev–Trinajstić information content (AvgIpc) is 3.51. The van der Waals surface area contributed by atoms with Gasteiger partial charge in [0.2, 0.25) is 17.7 Å². The Bertz CT molecular complexity index is 836. The molecule has 1 saturated heterocycles. The van der Waals surface area contributed by atoms with Gasteiger partial charge in [-0.2, -0.15) is 11.8 Å². The van der Waals surface area contributed by atoms with E-state index in [-0.39, 0.29) is 18.2 Å². The number of likely N-dealkylation sites (tertiary alicyclic amines) is 1. The zero-order chi connectivity index (χ0) is 25.3. The highest BCUT2D eigenvalue weighted by atomic mass is 32.2. The van der Waals surface area contributed by atoms with Crippen LogP contribution in [0.25, 0.3) is 0 Å². The zero-order valence-corrected chi connectivity index (χ0v) is 20.8. The molecule has 11 nitrogen and oxygen atoms in total. The lowest BCUT2D eigenvalue weighted by molar-refractivity contribution is -0.145. The first kappa shape index (κ1) is 27.6. The van der Waals surface area contributed by atoms with Crippen LogP contribution in [-0.4, -0.2) is 86.4 Å². The molecule has 2 heterocycles. The molecule has 6 N–H and O–H groups in total. The van der Waals surface area contributed by atoms with Crippen molar-refractivity contribution in [2.75, 3.05) is 18.6 Å². The van der Waals surface area contributed by atoms with Crippen LogP contribution in [0.3, 0.4) is 0 Å². The van der Waals surface area contributed by atoms with E-state index < -0.39 is 42.0 Å². The molecule has 0 radical (unpaired) electrons. The number of carboxylic acids is 1. The van der Waals surface area contributed by atoms with Crippen LogP contribution in [0.15, 0.2) is 12.5 Å². The summed E-state index contributed by atoms with van der Waals surface area (Å²) in [6, 6.07) is -3.50. The number of carboxylic acid groups (broad SMARTS) is 1. The van der Waals surface area contributed by atoms with Gasteiger partial charge in [0, 0.05) is 24.9 Å². The first-order valence-electron chi connectivity index (χ1n) is 11.5. The van der Waals surface area contributed by atoms with Gasteiger partial charge in [0.15, 0.2) is 0 Å². The second-order valence-corrected chi connectivity index (χ2v) is 9.62. The maximum absolute atomic E-state index is 13.5. The lowest BCUT2D eigenvalue weighted by Crippen LogP contribution is -2.58. The summed E-state index contributed by atoms with van der Waals surface area (Å²) in [5.41, 5.74) is 6.56. The standard InChI is InChI=1S/C22H36N6O5S/c1-4-13(2)18(27-19(29)15(23)7-9-34-3)21(31)28-8-5-6-17(28)20(30)26-16(22(32)33)10-14-11-24-12-25-14/h11-13,15-18H,4-10,23H2,1-3H3,(H,24,25)(H,26,30)(H,27,29)(H,32,33). The summed E-state index contributed by atoms with van der Waals surface area (Å²) in [6.07, 6.45) is 7.07. The Labute approximate surface area is 204 Å². The molecule has 3 amide bonds. The number of carbonyl (C=O) groups is 4. The molecule has 1 aromatic heterocycles. The minimum atomic E-state index is -1.18. The van der Waals surface area contributed by atoms with Crippen molar-refractivity contribution >= 4 is 35.5 Å². The normalized spacial score (nSPS) is 19.2. The molecule has 0 aliphatic carbocycles. The third-order valence-electron chi connectivity index (χ3n) is 6.18. The smallest absolute Gasteiger partial charge is 0.326 e. The second-order valence-electron chi connectivity index (χ2n) is 8.63. The van der Waals surface area contributed by atoms with E-state index >= 15 is 0 Å². The van der Waals surface area contributed by atoms with Gasteiger partial charge >= 0.3 is 5.97 Å². The number of nitrogens with zero attached hydrogens (tertiary/aromatic N) is 2. The van der Waals surface area contributed by atoms with Gasteiger partial charge in [0.1, 0.15) is 18.1 Å². The Balaban J connectivity index is 2.11.